The van der Waals surface area contributed by atoms with E-state index in [1.165, 1.54) is 0 Å². The molecule has 30 heavy (non-hydrogen) atoms. The molecule has 2 N–H and O–H groups in total. The maximum atomic E-state index is 6.10. The number of halogens is 3. The van der Waals surface area contributed by atoms with Crippen molar-refractivity contribution in [1.29, 1.82) is 0 Å². The Balaban J connectivity index is 1.44. The van der Waals surface area contributed by atoms with E-state index in [0.29, 0.717) is 34.1 Å². The Kier molecular flexibility index (Phi) is 5.18. The van der Waals surface area contributed by atoms with Gasteiger partial charge in [0.05, 0.1) is 38.3 Å². The fraction of sp³-hybridized carbons (Fsp3) is 0.333. The first kappa shape index (κ1) is 19.8. The first-order valence-electron chi connectivity index (χ1n) is 9.40. The Hall–Kier alpha value is -2.14. The van der Waals surface area contributed by atoms with Crippen molar-refractivity contribution in [3.63, 3.8) is 0 Å². The van der Waals surface area contributed by atoms with Crippen molar-refractivity contribution in [3.05, 3.63) is 38.7 Å². The van der Waals surface area contributed by atoms with Crippen LogP contribution in [-0.4, -0.2) is 67.7 Å². The number of hydrogen-bond acceptors (Lipinski definition) is 7. The third-order valence-corrected chi connectivity index (χ3v) is 6.37. The van der Waals surface area contributed by atoms with E-state index in [1.54, 1.807) is 22.8 Å². The second-order valence-corrected chi connectivity index (χ2v) is 8.85. The molecule has 0 spiro atoms. The minimum atomic E-state index is 0.426. The Morgan fingerprint density at radius 1 is 1.10 bits per heavy atom. The van der Waals surface area contributed by atoms with Crippen molar-refractivity contribution in [2.24, 2.45) is 0 Å². The van der Waals surface area contributed by atoms with Crippen LogP contribution in [0.5, 0.6) is 0 Å². The molecule has 4 aromatic rings. The van der Waals surface area contributed by atoms with Crippen molar-refractivity contribution in [2.75, 3.05) is 43.4 Å². The van der Waals surface area contributed by atoms with Crippen molar-refractivity contribution >= 4 is 67.7 Å². The first-order valence-corrected chi connectivity index (χ1v) is 10.9. The smallest absolute Gasteiger partial charge is 0.230 e. The molecule has 0 aliphatic carbocycles. The zero-order valence-corrected chi connectivity index (χ0v) is 19.1. The van der Waals surface area contributed by atoms with E-state index in [1.807, 2.05) is 0 Å². The summed E-state index contributed by atoms with van der Waals surface area (Å²) in [5.74, 6) is 2.01. The molecule has 0 unspecified atom stereocenters. The van der Waals surface area contributed by atoms with E-state index >= 15 is 0 Å². The van der Waals surface area contributed by atoms with Crippen molar-refractivity contribution in [1.82, 2.24) is 34.4 Å². The first-order chi connectivity index (χ1) is 14.5. The Morgan fingerprint density at radius 3 is 2.67 bits per heavy atom. The molecular weight excluding hydrogens is 493 g/mol. The number of nitrogens with one attached hydrogen (secondary N) is 2. The molecule has 0 amide bonds. The van der Waals surface area contributed by atoms with E-state index in [0.717, 1.165) is 47.5 Å². The zero-order chi connectivity index (χ0) is 20.8. The largest absolute Gasteiger partial charge is 0.347 e. The van der Waals surface area contributed by atoms with Gasteiger partial charge in [-0.15, -0.1) is 0 Å². The molecule has 1 fully saturated rings. The molecule has 0 atom stereocenters. The highest BCUT2D eigenvalue weighted by atomic mass is 79.9. The van der Waals surface area contributed by atoms with E-state index < -0.39 is 0 Å². The SMILES string of the molecule is CN1CCN(c2nc(NCc3nc4cc(Cl)c(Cl)cc4[nH]3)n3ncc(Br)c3n2)CC1. The molecule has 0 saturated carbocycles. The summed E-state index contributed by atoms with van der Waals surface area (Å²) < 4.78 is 2.50. The van der Waals surface area contributed by atoms with Crippen molar-refractivity contribution in [2.45, 2.75) is 6.54 Å². The molecule has 4 heterocycles. The van der Waals surface area contributed by atoms with E-state index in [4.69, 9.17) is 33.2 Å². The molecule has 12 heteroatoms. The van der Waals surface area contributed by atoms with Gasteiger partial charge < -0.3 is 20.1 Å². The Morgan fingerprint density at radius 2 is 1.87 bits per heavy atom. The number of rotatable bonds is 4. The maximum absolute atomic E-state index is 6.10. The van der Waals surface area contributed by atoms with Gasteiger partial charge in [-0.1, -0.05) is 23.2 Å². The summed E-state index contributed by atoms with van der Waals surface area (Å²) >= 11 is 15.7. The van der Waals surface area contributed by atoms with Gasteiger partial charge in [0.1, 0.15) is 5.82 Å². The molecule has 5 rings (SSSR count). The van der Waals surface area contributed by atoms with Gasteiger partial charge in [0.25, 0.3) is 0 Å². The monoisotopic (exact) mass is 509 g/mol. The maximum Gasteiger partial charge on any atom is 0.230 e. The lowest BCUT2D eigenvalue weighted by molar-refractivity contribution is 0.311. The second-order valence-electron chi connectivity index (χ2n) is 7.19. The Labute approximate surface area is 190 Å². The lowest BCUT2D eigenvalue weighted by Crippen LogP contribution is -2.45. The Bertz CT molecular complexity index is 1190. The summed E-state index contributed by atoms with van der Waals surface area (Å²) in [6.45, 7) is 4.13. The van der Waals surface area contributed by atoms with Gasteiger partial charge in [0.15, 0.2) is 5.65 Å². The van der Waals surface area contributed by atoms with Crippen molar-refractivity contribution in [3.8, 4) is 0 Å². The summed E-state index contributed by atoms with van der Waals surface area (Å²) in [6, 6.07) is 3.52. The van der Waals surface area contributed by atoms with E-state index in [9.17, 15) is 0 Å². The lowest BCUT2D eigenvalue weighted by atomic mass is 10.3. The van der Waals surface area contributed by atoms with Gasteiger partial charge in [-0.3, -0.25) is 0 Å². The number of anilines is 2. The van der Waals surface area contributed by atoms with Crippen LogP contribution in [0.25, 0.3) is 16.7 Å². The molecule has 156 valence electrons. The molecular formula is C18H18BrCl2N9. The number of benzene rings is 1. The summed E-state index contributed by atoms with van der Waals surface area (Å²) in [5.41, 5.74) is 2.30. The number of hydrogen-bond donors (Lipinski definition) is 2. The van der Waals surface area contributed by atoms with Gasteiger partial charge in [0.2, 0.25) is 11.9 Å². The lowest BCUT2D eigenvalue weighted by Gasteiger charge is -2.32. The van der Waals surface area contributed by atoms with Crippen molar-refractivity contribution < 1.29 is 0 Å². The third-order valence-electron chi connectivity index (χ3n) is 5.09. The normalized spacial score (nSPS) is 15.4. The number of nitrogens with zero attached hydrogens (tertiary/aromatic N) is 7. The fourth-order valence-electron chi connectivity index (χ4n) is 3.41. The number of likely N-dealkylation sites (N-methyl/N-ethyl adjacent to an activating group) is 1. The molecule has 0 radical (unpaired) electrons. The van der Waals surface area contributed by atoms with Gasteiger partial charge in [-0.25, -0.2) is 4.98 Å². The molecule has 1 aliphatic heterocycles. The summed E-state index contributed by atoms with van der Waals surface area (Å²) in [4.78, 5) is 21.8. The predicted molar refractivity (Wildman–Crippen MR) is 122 cm³/mol. The van der Waals surface area contributed by atoms with Gasteiger partial charge in [0, 0.05) is 26.2 Å². The minimum absolute atomic E-state index is 0.426. The van der Waals surface area contributed by atoms with Crippen LogP contribution in [0.15, 0.2) is 22.8 Å². The number of imidazole rings is 1. The standard InChI is InChI=1S/C18H18BrCl2N9/c1-28-2-4-29(5-3-28)18-26-16-10(19)8-23-30(16)17(27-18)22-9-15-24-13-6-11(20)12(21)7-14(13)25-15/h6-8H,2-5,9H2,1H3,(H,24,25)(H,22,26,27). The van der Waals surface area contributed by atoms with Crippen LogP contribution < -0.4 is 10.2 Å². The number of fused-ring (bicyclic) bond motifs is 2. The van der Waals surface area contributed by atoms with Gasteiger partial charge >= 0.3 is 0 Å². The van der Waals surface area contributed by atoms with E-state index in [2.05, 4.69) is 53.2 Å². The topological polar surface area (TPSA) is 90.3 Å². The average molecular weight is 511 g/mol. The highest BCUT2D eigenvalue weighted by Crippen LogP contribution is 2.27. The zero-order valence-electron chi connectivity index (χ0n) is 16.0. The quantitative estimate of drug-likeness (QED) is 0.434. The van der Waals surface area contributed by atoms with Crippen LogP contribution in [0.1, 0.15) is 5.82 Å². The number of aromatic nitrogens is 6. The third kappa shape index (κ3) is 3.68. The summed E-state index contributed by atoms with van der Waals surface area (Å²) in [6.07, 6.45) is 1.72. The number of H-pyrrole nitrogens is 1. The van der Waals surface area contributed by atoms with Crippen LogP contribution in [0.2, 0.25) is 10.0 Å². The van der Waals surface area contributed by atoms with Crippen LogP contribution in [0, 0.1) is 0 Å². The summed E-state index contributed by atoms with van der Waals surface area (Å²) in [7, 11) is 2.12. The van der Waals surface area contributed by atoms with Crippen LogP contribution in [0.4, 0.5) is 11.9 Å². The fourth-order valence-corrected chi connectivity index (χ4v) is 4.08. The number of aromatic amines is 1. The highest BCUT2D eigenvalue weighted by Gasteiger charge is 2.20. The molecule has 1 aliphatic rings. The second kappa shape index (κ2) is 7.84. The number of piperazine rings is 1. The highest BCUT2D eigenvalue weighted by molar-refractivity contribution is 9.10. The summed E-state index contributed by atoms with van der Waals surface area (Å²) in [5, 5.41) is 8.68. The van der Waals surface area contributed by atoms with E-state index in [-0.39, 0.29) is 0 Å². The molecule has 9 nitrogen and oxygen atoms in total. The molecule has 3 aromatic heterocycles. The minimum Gasteiger partial charge on any atom is -0.347 e. The average Bonchev–Trinajstić information content (AvgIpc) is 3.30. The van der Waals surface area contributed by atoms with Crippen LogP contribution in [0.3, 0.4) is 0 Å². The predicted octanol–water partition coefficient (Wildman–Crippen LogP) is 3.43. The van der Waals surface area contributed by atoms with Gasteiger partial charge in [-0.05, 0) is 35.1 Å². The molecule has 0 bridgehead atoms. The van der Waals surface area contributed by atoms with Crippen LogP contribution in [-0.2, 0) is 6.54 Å². The molecule has 1 saturated heterocycles. The van der Waals surface area contributed by atoms with Crippen LogP contribution >= 0.6 is 39.1 Å². The van der Waals surface area contributed by atoms with Gasteiger partial charge in [-0.2, -0.15) is 19.6 Å². The molecule has 1 aromatic carbocycles.